The number of hydrogen-bond donors (Lipinski definition) is 0. The van der Waals surface area contributed by atoms with Crippen LogP contribution < -0.4 is 0 Å². The Morgan fingerprint density at radius 1 is 0.690 bits per heavy atom. The molecule has 4 heteroatoms. The number of hydrogen-bond acceptors (Lipinski definition) is 2. The summed E-state index contributed by atoms with van der Waals surface area (Å²) in [6.07, 6.45) is 0. The molecule has 1 atom stereocenters. The Labute approximate surface area is 172 Å². The highest BCUT2D eigenvalue weighted by atomic mass is 32.2. The molecule has 0 heterocycles. The van der Waals surface area contributed by atoms with Gasteiger partial charge in [-0.1, -0.05) is 84.9 Å². The average molecular weight is 402 g/mol. The molecule has 4 aromatic rings. The van der Waals surface area contributed by atoms with E-state index in [9.17, 15) is 8.42 Å². The van der Waals surface area contributed by atoms with Crippen LogP contribution >= 0.6 is 0 Å². The molecule has 4 aromatic carbocycles. The quantitative estimate of drug-likeness (QED) is 0.418. The van der Waals surface area contributed by atoms with Gasteiger partial charge >= 0.3 is 0 Å². The van der Waals surface area contributed by atoms with Gasteiger partial charge in [0.2, 0.25) is 10.0 Å². The SMILES string of the molecule is C[C@H](c1ccc(-c2ccccc2)cc1)N(C)S(=O)(=O)c1ccc2ccccc2c1. The van der Waals surface area contributed by atoms with E-state index in [1.54, 1.807) is 19.2 Å². The summed E-state index contributed by atoms with van der Waals surface area (Å²) < 4.78 is 27.8. The van der Waals surface area contributed by atoms with Crippen LogP contribution in [0.2, 0.25) is 0 Å². The Hall–Kier alpha value is -2.95. The second-order valence-corrected chi connectivity index (χ2v) is 9.19. The molecule has 0 radical (unpaired) electrons. The summed E-state index contributed by atoms with van der Waals surface area (Å²) in [5, 5.41) is 1.94. The van der Waals surface area contributed by atoms with Crippen LogP contribution in [0.15, 0.2) is 102 Å². The van der Waals surface area contributed by atoms with E-state index in [1.165, 1.54) is 4.31 Å². The lowest BCUT2D eigenvalue weighted by molar-refractivity contribution is 0.398. The number of rotatable bonds is 5. The fraction of sp³-hybridized carbons (Fsp3) is 0.120. The molecule has 0 aliphatic carbocycles. The molecule has 0 aliphatic rings. The van der Waals surface area contributed by atoms with Gasteiger partial charge in [0.1, 0.15) is 0 Å². The van der Waals surface area contributed by atoms with Gasteiger partial charge in [-0.25, -0.2) is 8.42 Å². The van der Waals surface area contributed by atoms with Gasteiger partial charge in [0.05, 0.1) is 4.90 Å². The minimum absolute atomic E-state index is 0.281. The molecule has 29 heavy (non-hydrogen) atoms. The second-order valence-electron chi connectivity index (χ2n) is 7.19. The van der Waals surface area contributed by atoms with Crippen molar-refractivity contribution < 1.29 is 8.42 Å². The molecule has 4 rings (SSSR count). The van der Waals surface area contributed by atoms with Crippen molar-refractivity contribution in [2.24, 2.45) is 0 Å². The number of fused-ring (bicyclic) bond motifs is 1. The van der Waals surface area contributed by atoms with E-state index in [1.807, 2.05) is 79.7 Å². The van der Waals surface area contributed by atoms with E-state index >= 15 is 0 Å². The molecule has 0 aromatic heterocycles. The van der Waals surface area contributed by atoms with Crippen LogP contribution in [0, 0.1) is 0 Å². The van der Waals surface area contributed by atoms with Crippen LogP contribution in [0.4, 0.5) is 0 Å². The minimum Gasteiger partial charge on any atom is -0.207 e. The van der Waals surface area contributed by atoms with Crippen molar-refractivity contribution in [1.29, 1.82) is 0 Å². The van der Waals surface area contributed by atoms with Gasteiger partial charge < -0.3 is 0 Å². The maximum Gasteiger partial charge on any atom is 0.243 e. The molecule has 0 saturated carbocycles. The number of benzene rings is 4. The highest BCUT2D eigenvalue weighted by Gasteiger charge is 2.26. The maximum atomic E-state index is 13.2. The molecule has 3 nitrogen and oxygen atoms in total. The van der Waals surface area contributed by atoms with Gasteiger partial charge in [-0.05, 0) is 46.5 Å². The van der Waals surface area contributed by atoms with E-state index in [2.05, 4.69) is 12.1 Å². The van der Waals surface area contributed by atoms with Crippen molar-refractivity contribution in [2.45, 2.75) is 17.9 Å². The Morgan fingerprint density at radius 3 is 1.97 bits per heavy atom. The standard InChI is InChI=1S/C25H23NO2S/c1-19(20-12-14-23(15-13-20)21-8-4-3-5-9-21)26(2)29(27,28)25-17-16-22-10-6-7-11-24(22)18-25/h3-19H,1-2H3/t19-/m1/s1. The Bertz CT molecular complexity index is 1230. The zero-order valence-corrected chi connectivity index (χ0v) is 17.3. The van der Waals surface area contributed by atoms with Crippen LogP contribution in [0.5, 0.6) is 0 Å². The van der Waals surface area contributed by atoms with Gasteiger partial charge in [0.25, 0.3) is 0 Å². The van der Waals surface area contributed by atoms with Gasteiger partial charge in [0, 0.05) is 13.1 Å². The first kappa shape index (κ1) is 19.4. The lowest BCUT2D eigenvalue weighted by Gasteiger charge is -2.25. The molecule has 146 valence electrons. The third-order valence-electron chi connectivity index (χ3n) is 5.44. The number of sulfonamides is 1. The summed E-state index contributed by atoms with van der Waals surface area (Å²) in [5.41, 5.74) is 3.21. The normalized spacial score (nSPS) is 12.9. The van der Waals surface area contributed by atoms with Gasteiger partial charge in [0.15, 0.2) is 0 Å². The summed E-state index contributed by atoms with van der Waals surface area (Å²) in [6.45, 7) is 1.91. The lowest BCUT2D eigenvalue weighted by Crippen LogP contribution is -2.29. The van der Waals surface area contributed by atoms with E-state index in [0.29, 0.717) is 4.90 Å². The molecular formula is C25H23NO2S. The maximum absolute atomic E-state index is 13.2. The van der Waals surface area contributed by atoms with Crippen molar-refractivity contribution >= 4 is 20.8 Å². The van der Waals surface area contributed by atoms with Gasteiger partial charge in [-0.3, -0.25) is 0 Å². The van der Waals surface area contributed by atoms with E-state index in [-0.39, 0.29) is 6.04 Å². The first-order valence-electron chi connectivity index (χ1n) is 9.59. The first-order chi connectivity index (χ1) is 14.0. The summed E-state index contributed by atoms with van der Waals surface area (Å²) in [7, 11) is -1.97. The summed E-state index contributed by atoms with van der Waals surface area (Å²) >= 11 is 0. The molecule has 0 fully saturated rings. The summed E-state index contributed by atoms with van der Waals surface area (Å²) in [5.74, 6) is 0. The molecule has 0 unspecified atom stereocenters. The Kier molecular flexibility index (Phi) is 5.22. The Morgan fingerprint density at radius 2 is 1.28 bits per heavy atom. The monoisotopic (exact) mass is 401 g/mol. The molecule has 0 spiro atoms. The lowest BCUT2D eigenvalue weighted by atomic mass is 10.0. The minimum atomic E-state index is -3.61. The predicted molar refractivity (Wildman–Crippen MR) is 119 cm³/mol. The van der Waals surface area contributed by atoms with E-state index in [0.717, 1.165) is 27.5 Å². The van der Waals surface area contributed by atoms with E-state index in [4.69, 9.17) is 0 Å². The van der Waals surface area contributed by atoms with Crippen LogP contribution in [0.25, 0.3) is 21.9 Å². The highest BCUT2D eigenvalue weighted by Crippen LogP contribution is 2.29. The largest absolute Gasteiger partial charge is 0.243 e. The van der Waals surface area contributed by atoms with Crippen molar-refractivity contribution in [3.8, 4) is 11.1 Å². The zero-order valence-electron chi connectivity index (χ0n) is 16.5. The molecule has 0 N–H and O–H groups in total. The summed E-state index contributed by atoms with van der Waals surface area (Å²) in [4.78, 5) is 0.312. The first-order valence-corrected chi connectivity index (χ1v) is 11.0. The predicted octanol–water partition coefficient (Wildman–Crippen LogP) is 5.89. The Balaban J connectivity index is 1.61. The molecule has 0 amide bonds. The molecule has 0 saturated heterocycles. The average Bonchev–Trinajstić information content (AvgIpc) is 2.78. The third kappa shape index (κ3) is 3.82. The van der Waals surface area contributed by atoms with Crippen molar-refractivity contribution in [3.05, 3.63) is 103 Å². The highest BCUT2D eigenvalue weighted by molar-refractivity contribution is 7.89. The molecule has 0 bridgehead atoms. The fourth-order valence-corrected chi connectivity index (χ4v) is 4.88. The van der Waals surface area contributed by atoms with Crippen LogP contribution in [0.3, 0.4) is 0 Å². The molecular weight excluding hydrogens is 378 g/mol. The zero-order chi connectivity index (χ0) is 20.4. The van der Waals surface area contributed by atoms with Crippen LogP contribution in [-0.2, 0) is 10.0 Å². The van der Waals surface area contributed by atoms with Gasteiger partial charge in [-0.15, -0.1) is 0 Å². The van der Waals surface area contributed by atoms with Crippen molar-refractivity contribution in [3.63, 3.8) is 0 Å². The summed E-state index contributed by atoms with van der Waals surface area (Å²) in [6, 6.07) is 31.0. The van der Waals surface area contributed by atoms with Crippen molar-refractivity contribution in [2.75, 3.05) is 7.05 Å². The van der Waals surface area contributed by atoms with Crippen LogP contribution in [0.1, 0.15) is 18.5 Å². The van der Waals surface area contributed by atoms with Gasteiger partial charge in [-0.2, -0.15) is 4.31 Å². The van der Waals surface area contributed by atoms with Crippen LogP contribution in [-0.4, -0.2) is 19.8 Å². The third-order valence-corrected chi connectivity index (χ3v) is 7.37. The molecule has 0 aliphatic heterocycles. The second kappa shape index (κ2) is 7.82. The van der Waals surface area contributed by atoms with Crippen molar-refractivity contribution in [1.82, 2.24) is 4.31 Å². The fourth-order valence-electron chi connectivity index (χ4n) is 3.50. The number of nitrogens with zero attached hydrogens (tertiary/aromatic N) is 1. The van der Waals surface area contributed by atoms with E-state index < -0.39 is 10.0 Å². The smallest absolute Gasteiger partial charge is 0.207 e. The topological polar surface area (TPSA) is 37.4 Å².